The highest BCUT2D eigenvalue weighted by molar-refractivity contribution is 5.82. The minimum atomic E-state index is -1.45. The average Bonchev–Trinajstić information content (AvgIpc) is 2.23. The smallest absolute Gasteiger partial charge is 0.306 e. The standard InChI is InChI=1S/C11H22N2O4/c1-4-10(2,6-12)9(16)13-7-11(3,17)5-8(14)15/h17H,4-7,12H2,1-3H3,(H,13,16)(H,14,15). The predicted octanol–water partition coefficient (Wildman–Crippen LogP) is -0.297. The minimum absolute atomic E-state index is 0.103. The fourth-order valence-corrected chi connectivity index (χ4v) is 1.27. The van der Waals surface area contributed by atoms with E-state index in [0.29, 0.717) is 6.42 Å². The molecule has 6 heteroatoms. The summed E-state index contributed by atoms with van der Waals surface area (Å²) in [6.45, 7) is 5.05. The van der Waals surface area contributed by atoms with Crippen LogP contribution in [0.4, 0.5) is 0 Å². The van der Waals surface area contributed by atoms with Crippen molar-refractivity contribution >= 4 is 11.9 Å². The number of nitrogens with two attached hydrogens (primary N) is 1. The van der Waals surface area contributed by atoms with Gasteiger partial charge in [-0.1, -0.05) is 6.92 Å². The van der Waals surface area contributed by atoms with Gasteiger partial charge in [-0.2, -0.15) is 0 Å². The number of hydrogen-bond donors (Lipinski definition) is 4. The second-order valence-corrected chi connectivity index (χ2v) is 4.87. The Balaban J connectivity index is 4.37. The first kappa shape index (κ1) is 15.9. The van der Waals surface area contributed by atoms with Crippen LogP contribution in [0.2, 0.25) is 0 Å². The zero-order chi connectivity index (χ0) is 13.7. The van der Waals surface area contributed by atoms with Gasteiger partial charge < -0.3 is 21.3 Å². The Morgan fingerprint density at radius 3 is 2.24 bits per heavy atom. The molecule has 0 aromatic rings. The molecule has 2 atom stereocenters. The monoisotopic (exact) mass is 246 g/mol. The van der Waals surface area contributed by atoms with Crippen molar-refractivity contribution in [1.29, 1.82) is 0 Å². The molecule has 6 nitrogen and oxygen atoms in total. The SMILES string of the molecule is CCC(C)(CN)C(=O)NCC(C)(O)CC(=O)O. The van der Waals surface area contributed by atoms with Crippen molar-refractivity contribution in [2.75, 3.05) is 13.1 Å². The number of amides is 1. The molecule has 0 aliphatic rings. The van der Waals surface area contributed by atoms with Gasteiger partial charge in [0.15, 0.2) is 0 Å². The van der Waals surface area contributed by atoms with E-state index < -0.39 is 23.4 Å². The zero-order valence-electron chi connectivity index (χ0n) is 10.6. The number of nitrogens with one attached hydrogen (secondary N) is 1. The lowest BCUT2D eigenvalue weighted by Gasteiger charge is -2.28. The van der Waals surface area contributed by atoms with Gasteiger partial charge in [0.25, 0.3) is 0 Å². The molecule has 2 unspecified atom stereocenters. The highest BCUT2D eigenvalue weighted by Gasteiger charge is 2.32. The fourth-order valence-electron chi connectivity index (χ4n) is 1.27. The Labute approximate surface area is 101 Å². The predicted molar refractivity (Wildman–Crippen MR) is 63.3 cm³/mol. The quantitative estimate of drug-likeness (QED) is 0.493. The van der Waals surface area contributed by atoms with Crippen LogP contribution in [0.5, 0.6) is 0 Å². The normalized spacial score (nSPS) is 17.9. The van der Waals surface area contributed by atoms with E-state index in [2.05, 4.69) is 5.32 Å². The van der Waals surface area contributed by atoms with Crippen molar-refractivity contribution in [3.05, 3.63) is 0 Å². The maximum absolute atomic E-state index is 11.8. The van der Waals surface area contributed by atoms with E-state index in [4.69, 9.17) is 10.8 Å². The van der Waals surface area contributed by atoms with Crippen LogP contribution in [0.25, 0.3) is 0 Å². The van der Waals surface area contributed by atoms with Crippen molar-refractivity contribution in [2.45, 2.75) is 39.2 Å². The molecule has 0 saturated carbocycles. The molecule has 0 aromatic heterocycles. The molecule has 0 fully saturated rings. The first-order valence-corrected chi connectivity index (χ1v) is 5.59. The van der Waals surface area contributed by atoms with Crippen molar-refractivity contribution in [3.8, 4) is 0 Å². The highest BCUT2D eigenvalue weighted by Crippen LogP contribution is 2.19. The van der Waals surface area contributed by atoms with Gasteiger partial charge in [0.05, 0.1) is 17.4 Å². The summed E-state index contributed by atoms with van der Waals surface area (Å²) in [6, 6.07) is 0. The summed E-state index contributed by atoms with van der Waals surface area (Å²) in [5, 5.41) is 20.8. The Morgan fingerprint density at radius 2 is 1.88 bits per heavy atom. The van der Waals surface area contributed by atoms with Crippen LogP contribution >= 0.6 is 0 Å². The third-order valence-electron chi connectivity index (χ3n) is 2.94. The second-order valence-electron chi connectivity index (χ2n) is 4.87. The van der Waals surface area contributed by atoms with E-state index in [9.17, 15) is 14.7 Å². The molecule has 0 aliphatic heterocycles. The van der Waals surface area contributed by atoms with E-state index in [-0.39, 0.29) is 19.0 Å². The van der Waals surface area contributed by atoms with Crippen LogP contribution in [0.1, 0.15) is 33.6 Å². The number of rotatable bonds is 7. The van der Waals surface area contributed by atoms with Gasteiger partial charge >= 0.3 is 5.97 Å². The summed E-state index contributed by atoms with van der Waals surface area (Å²) in [5.74, 6) is -1.38. The lowest BCUT2D eigenvalue weighted by atomic mass is 9.86. The van der Waals surface area contributed by atoms with E-state index in [1.165, 1.54) is 6.92 Å². The molecule has 0 saturated heterocycles. The molecule has 1 amide bonds. The van der Waals surface area contributed by atoms with Crippen molar-refractivity contribution in [3.63, 3.8) is 0 Å². The number of hydrogen-bond acceptors (Lipinski definition) is 4. The number of carbonyl (C=O) groups excluding carboxylic acids is 1. The van der Waals surface area contributed by atoms with Gasteiger partial charge in [-0.05, 0) is 20.3 Å². The molecule has 100 valence electrons. The summed E-state index contributed by atoms with van der Waals surface area (Å²) < 4.78 is 0. The van der Waals surface area contributed by atoms with Gasteiger partial charge in [0.2, 0.25) is 5.91 Å². The summed E-state index contributed by atoms with van der Waals surface area (Å²) in [7, 11) is 0. The molecule has 0 bridgehead atoms. The minimum Gasteiger partial charge on any atom is -0.481 e. The number of carboxylic acids is 1. The van der Waals surface area contributed by atoms with E-state index in [0.717, 1.165) is 0 Å². The van der Waals surface area contributed by atoms with Crippen LogP contribution in [0, 0.1) is 5.41 Å². The molecule has 17 heavy (non-hydrogen) atoms. The van der Waals surface area contributed by atoms with Gasteiger partial charge in [-0.25, -0.2) is 0 Å². The van der Waals surface area contributed by atoms with E-state index in [1.807, 2.05) is 6.92 Å². The summed E-state index contributed by atoms with van der Waals surface area (Å²) in [6.07, 6.45) is 0.162. The zero-order valence-corrected chi connectivity index (χ0v) is 10.6. The van der Waals surface area contributed by atoms with Crippen LogP contribution < -0.4 is 11.1 Å². The highest BCUT2D eigenvalue weighted by atomic mass is 16.4. The Kier molecular flexibility index (Phi) is 5.57. The topological polar surface area (TPSA) is 113 Å². The van der Waals surface area contributed by atoms with Crippen molar-refractivity contribution < 1.29 is 19.8 Å². The second kappa shape index (κ2) is 5.97. The number of carbonyl (C=O) groups is 2. The fraction of sp³-hybridized carbons (Fsp3) is 0.818. The van der Waals surface area contributed by atoms with Crippen LogP contribution in [-0.4, -0.2) is 40.8 Å². The molecule has 0 rings (SSSR count). The molecular weight excluding hydrogens is 224 g/mol. The molecule has 0 heterocycles. The Bertz CT molecular complexity index is 285. The first-order valence-electron chi connectivity index (χ1n) is 5.59. The molecule has 0 aliphatic carbocycles. The molecule has 0 radical (unpaired) electrons. The largest absolute Gasteiger partial charge is 0.481 e. The maximum atomic E-state index is 11.8. The van der Waals surface area contributed by atoms with Crippen molar-refractivity contribution in [2.24, 2.45) is 11.1 Å². The number of aliphatic carboxylic acids is 1. The Morgan fingerprint density at radius 1 is 1.35 bits per heavy atom. The third kappa shape index (κ3) is 5.14. The van der Waals surface area contributed by atoms with Crippen LogP contribution in [-0.2, 0) is 9.59 Å². The van der Waals surface area contributed by atoms with Gasteiger partial charge in [-0.3, -0.25) is 9.59 Å². The molecule has 0 aromatic carbocycles. The maximum Gasteiger partial charge on any atom is 0.306 e. The van der Waals surface area contributed by atoms with E-state index in [1.54, 1.807) is 6.92 Å². The van der Waals surface area contributed by atoms with Gasteiger partial charge in [0.1, 0.15) is 0 Å². The van der Waals surface area contributed by atoms with Gasteiger partial charge in [0, 0.05) is 13.1 Å². The summed E-state index contributed by atoms with van der Waals surface area (Å²) in [4.78, 5) is 22.3. The van der Waals surface area contributed by atoms with Crippen LogP contribution in [0.3, 0.4) is 0 Å². The number of carboxylic acid groups (broad SMARTS) is 1. The lowest BCUT2D eigenvalue weighted by molar-refractivity contribution is -0.143. The number of aliphatic hydroxyl groups is 1. The van der Waals surface area contributed by atoms with E-state index >= 15 is 0 Å². The Hall–Kier alpha value is -1.14. The van der Waals surface area contributed by atoms with Crippen molar-refractivity contribution in [1.82, 2.24) is 5.32 Å². The first-order chi connectivity index (χ1) is 7.67. The summed E-state index contributed by atoms with van der Waals surface area (Å²) in [5.41, 5.74) is 3.39. The average molecular weight is 246 g/mol. The lowest BCUT2D eigenvalue weighted by Crippen LogP contribution is -2.49. The summed E-state index contributed by atoms with van der Waals surface area (Å²) >= 11 is 0. The molecular formula is C11H22N2O4. The van der Waals surface area contributed by atoms with Crippen LogP contribution in [0.15, 0.2) is 0 Å². The molecule has 5 N–H and O–H groups in total. The third-order valence-corrected chi connectivity index (χ3v) is 2.94. The van der Waals surface area contributed by atoms with Gasteiger partial charge in [-0.15, -0.1) is 0 Å². The molecule has 0 spiro atoms.